The Morgan fingerprint density at radius 1 is 1.13 bits per heavy atom. The normalized spacial score (nSPS) is 14.0. The molecule has 1 aromatic carbocycles. The molecular formula is C23H21N5O3. The van der Waals surface area contributed by atoms with Gasteiger partial charge in [0, 0.05) is 47.4 Å². The minimum atomic E-state index is -0.485. The lowest BCUT2D eigenvalue weighted by Gasteiger charge is -2.26. The summed E-state index contributed by atoms with van der Waals surface area (Å²) in [7, 11) is 0. The van der Waals surface area contributed by atoms with E-state index in [0.29, 0.717) is 25.1 Å². The van der Waals surface area contributed by atoms with Crippen LogP contribution in [0.15, 0.2) is 59.3 Å². The molecule has 0 fully saturated rings. The summed E-state index contributed by atoms with van der Waals surface area (Å²) in [6, 6.07) is 11.0. The number of H-pyrrole nitrogens is 1. The van der Waals surface area contributed by atoms with E-state index in [0.717, 1.165) is 27.5 Å². The Balaban J connectivity index is 1.22. The standard InChI is InChI=1S/C23H21N5O3/c1-14-16-5-2-3-7-19(16)31-20(14)22(29)26-27-23(30)28-11-8-15(9-12-28)18-13-25-21-17(18)6-4-10-24-21/h2-8,10,13H,9,11-12H2,1H3,(H,24,25)(H,26,29)(H,27,30). The van der Waals surface area contributed by atoms with E-state index in [9.17, 15) is 9.59 Å². The van der Waals surface area contributed by atoms with Crippen LogP contribution in [0.1, 0.15) is 28.1 Å². The first-order valence-electron chi connectivity index (χ1n) is 10.1. The predicted molar refractivity (Wildman–Crippen MR) is 117 cm³/mol. The number of nitrogens with one attached hydrogen (secondary N) is 3. The number of aromatic nitrogens is 2. The van der Waals surface area contributed by atoms with Crippen molar-refractivity contribution < 1.29 is 14.0 Å². The van der Waals surface area contributed by atoms with Gasteiger partial charge in [-0.1, -0.05) is 24.3 Å². The van der Waals surface area contributed by atoms with E-state index >= 15 is 0 Å². The zero-order valence-electron chi connectivity index (χ0n) is 16.9. The highest BCUT2D eigenvalue weighted by atomic mass is 16.3. The van der Waals surface area contributed by atoms with Gasteiger partial charge < -0.3 is 14.3 Å². The van der Waals surface area contributed by atoms with Crippen molar-refractivity contribution in [3.63, 3.8) is 0 Å². The Labute approximate surface area is 177 Å². The van der Waals surface area contributed by atoms with Gasteiger partial charge in [-0.25, -0.2) is 15.2 Å². The van der Waals surface area contributed by atoms with Gasteiger partial charge in [0.25, 0.3) is 0 Å². The Hall–Kier alpha value is -4.07. The number of carbonyl (C=O) groups is 2. The molecule has 4 heterocycles. The molecule has 3 N–H and O–H groups in total. The second kappa shape index (κ2) is 7.64. The average Bonchev–Trinajstić information content (AvgIpc) is 3.39. The number of benzene rings is 1. The van der Waals surface area contributed by atoms with Crippen LogP contribution in [-0.4, -0.2) is 39.9 Å². The molecular weight excluding hydrogens is 394 g/mol. The number of furan rings is 1. The third-order valence-corrected chi connectivity index (χ3v) is 5.63. The summed E-state index contributed by atoms with van der Waals surface area (Å²) in [4.78, 5) is 34.2. The fourth-order valence-electron chi connectivity index (χ4n) is 3.96. The summed E-state index contributed by atoms with van der Waals surface area (Å²) in [5.74, 6) is -0.295. The van der Waals surface area contributed by atoms with Gasteiger partial charge in [-0.15, -0.1) is 0 Å². The minimum Gasteiger partial charge on any atom is -0.451 e. The summed E-state index contributed by atoms with van der Waals surface area (Å²) < 4.78 is 5.63. The molecule has 0 spiro atoms. The fourth-order valence-corrected chi connectivity index (χ4v) is 3.96. The van der Waals surface area contributed by atoms with Gasteiger partial charge in [0.2, 0.25) is 0 Å². The Bertz CT molecular complexity index is 1330. The summed E-state index contributed by atoms with van der Waals surface area (Å²) in [6.07, 6.45) is 6.45. The number of aryl methyl sites for hydroxylation is 1. The average molecular weight is 415 g/mol. The molecule has 1 aliphatic rings. The van der Waals surface area contributed by atoms with Crippen molar-refractivity contribution in [2.45, 2.75) is 13.3 Å². The van der Waals surface area contributed by atoms with Crippen molar-refractivity contribution in [1.29, 1.82) is 0 Å². The molecule has 0 bridgehead atoms. The van der Waals surface area contributed by atoms with E-state index in [1.54, 1.807) is 17.2 Å². The molecule has 0 atom stereocenters. The van der Waals surface area contributed by atoms with Crippen LogP contribution < -0.4 is 10.9 Å². The third-order valence-electron chi connectivity index (χ3n) is 5.63. The maximum Gasteiger partial charge on any atom is 0.336 e. The number of urea groups is 1. The monoisotopic (exact) mass is 415 g/mol. The minimum absolute atomic E-state index is 0.190. The van der Waals surface area contributed by atoms with Gasteiger partial charge in [0.1, 0.15) is 11.2 Å². The lowest BCUT2D eigenvalue weighted by molar-refractivity contribution is 0.0904. The molecule has 0 unspecified atom stereocenters. The van der Waals surface area contributed by atoms with Gasteiger partial charge in [-0.2, -0.15) is 0 Å². The second-order valence-electron chi connectivity index (χ2n) is 7.46. The number of hydrogen-bond acceptors (Lipinski definition) is 4. The molecule has 1 aliphatic heterocycles. The number of hydrogen-bond donors (Lipinski definition) is 3. The quantitative estimate of drug-likeness (QED) is 0.434. The van der Waals surface area contributed by atoms with Crippen molar-refractivity contribution in [2.24, 2.45) is 0 Å². The largest absolute Gasteiger partial charge is 0.451 e. The highest BCUT2D eigenvalue weighted by molar-refractivity contribution is 5.99. The summed E-state index contributed by atoms with van der Waals surface area (Å²) in [5.41, 5.74) is 9.44. The lowest BCUT2D eigenvalue weighted by atomic mass is 10.00. The summed E-state index contributed by atoms with van der Waals surface area (Å²) in [6.45, 7) is 2.82. The van der Waals surface area contributed by atoms with Crippen molar-refractivity contribution in [3.8, 4) is 0 Å². The van der Waals surface area contributed by atoms with E-state index in [-0.39, 0.29) is 11.8 Å². The zero-order valence-corrected chi connectivity index (χ0v) is 16.9. The number of para-hydroxylation sites is 1. The van der Waals surface area contributed by atoms with Gasteiger partial charge in [-0.3, -0.25) is 10.2 Å². The van der Waals surface area contributed by atoms with E-state index in [4.69, 9.17) is 4.42 Å². The van der Waals surface area contributed by atoms with Crippen LogP contribution in [-0.2, 0) is 0 Å². The van der Waals surface area contributed by atoms with Gasteiger partial charge in [0.05, 0.1) is 0 Å². The SMILES string of the molecule is Cc1c(C(=O)NNC(=O)N2CC=C(c3c[nH]c4ncccc34)CC2)oc2ccccc12. The maximum absolute atomic E-state index is 12.5. The first kappa shape index (κ1) is 18.9. The number of pyridine rings is 1. The molecule has 0 saturated heterocycles. The smallest absolute Gasteiger partial charge is 0.336 e. The molecule has 8 nitrogen and oxygen atoms in total. The van der Waals surface area contributed by atoms with Crippen molar-refractivity contribution in [3.05, 3.63) is 71.8 Å². The number of fused-ring (bicyclic) bond motifs is 2. The molecule has 156 valence electrons. The van der Waals surface area contributed by atoms with Crippen LogP contribution in [0.5, 0.6) is 0 Å². The highest BCUT2D eigenvalue weighted by Crippen LogP contribution is 2.28. The summed E-state index contributed by atoms with van der Waals surface area (Å²) in [5, 5.41) is 1.94. The van der Waals surface area contributed by atoms with Gasteiger partial charge >= 0.3 is 11.9 Å². The molecule has 4 aromatic rings. The molecule has 31 heavy (non-hydrogen) atoms. The molecule has 0 radical (unpaired) electrons. The topological polar surface area (TPSA) is 103 Å². The number of nitrogens with zero attached hydrogens (tertiary/aromatic N) is 2. The van der Waals surface area contributed by atoms with Crippen molar-refractivity contribution in [1.82, 2.24) is 25.7 Å². The van der Waals surface area contributed by atoms with Gasteiger partial charge in [-0.05, 0) is 37.1 Å². The summed E-state index contributed by atoms with van der Waals surface area (Å²) >= 11 is 0. The first-order valence-corrected chi connectivity index (χ1v) is 10.1. The Morgan fingerprint density at radius 2 is 1.97 bits per heavy atom. The molecule has 0 saturated carbocycles. The maximum atomic E-state index is 12.5. The number of aromatic amines is 1. The van der Waals surface area contributed by atoms with E-state index in [1.807, 2.05) is 49.5 Å². The lowest BCUT2D eigenvalue weighted by Crippen LogP contribution is -2.49. The molecule has 0 aliphatic carbocycles. The first-order chi connectivity index (χ1) is 15.1. The van der Waals surface area contributed by atoms with Crippen LogP contribution in [0.4, 0.5) is 4.79 Å². The number of amides is 3. The number of rotatable bonds is 2. The highest BCUT2D eigenvalue weighted by Gasteiger charge is 2.22. The zero-order chi connectivity index (χ0) is 21.4. The van der Waals surface area contributed by atoms with Crippen molar-refractivity contribution in [2.75, 3.05) is 13.1 Å². The number of hydrazine groups is 1. The van der Waals surface area contributed by atoms with Crippen LogP contribution in [0, 0.1) is 6.92 Å². The Morgan fingerprint density at radius 3 is 2.77 bits per heavy atom. The van der Waals surface area contributed by atoms with Crippen molar-refractivity contribution >= 4 is 39.5 Å². The number of carbonyl (C=O) groups excluding carboxylic acids is 2. The molecule has 8 heteroatoms. The van der Waals surface area contributed by atoms with Crippen LogP contribution >= 0.6 is 0 Å². The third kappa shape index (κ3) is 3.42. The Kier molecular flexibility index (Phi) is 4.66. The molecule has 3 aromatic heterocycles. The molecule has 3 amide bonds. The van der Waals surface area contributed by atoms with Crippen LogP contribution in [0.3, 0.4) is 0 Å². The van der Waals surface area contributed by atoms with E-state index in [2.05, 4.69) is 20.8 Å². The van der Waals surface area contributed by atoms with Crippen LogP contribution in [0.2, 0.25) is 0 Å². The second-order valence-corrected chi connectivity index (χ2v) is 7.46. The molecule has 5 rings (SSSR count). The fraction of sp³-hybridized carbons (Fsp3) is 0.174. The van der Waals surface area contributed by atoms with Crippen LogP contribution in [0.25, 0.3) is 27.6 Å². The van der Waals surface area contributed by atoms with Gasteiger partial charge in [0.15, 0.2) is 5.76 Å². The van der Waals surface area contributed by atoms with E-state index in [1.165, 1.54) is 5.57 Å². The van der Waals surface area contributed by atoms with E-state index < -0.39 is 5.91 Å². The predicted octanol–water partition coefficient (Wildman–Crippen LogP) is 3.76.